The van der Waals surface area contributed by atoms with Gasteiger partial charge in [-0.1, -0.05) is 78.9 Å². The molecule has 0 radical (unpaired) electrons. The maximum Gasteiger partial charge on any atom is 0.217 e. The van der Waals surface area contributed by atoms with Crippen LogP contribution in [0.25, 0.3) is 11.1 Å². The van der Waals surface area contributed by atoms with Crippen LogP contribution in [0.5, 0.6) is 0 Å². The van der Waals surface area contributed by atoms with Gasteiger partial charge in [0.1, 0.15) is 0 Å². The molecule has 0 fully saturated rings. The smallest absolute Gasteiger partial charge is 0.217 e. The summed E-state index contributed by atoms with van der Waals surface area (Å²) >= 11 is 0. The Labute approximate surface area is 155 Å². The average molecular weight is 343 g/mol. The summed E-state index contributed by atoms with van der Waals surface area (Å²) < 4.78 is 0. The number of hydrogen-bond donors (Lipinski definition) is 1. The largest absolute Gasteiger partial charge is 0.354 e. The summed E-state index contributed by atoms with van der Waals surface area (Å²) in [5.41, 5.74) is 6.35. The van der Waals surface area contributed by atoms with E-state index in [2.05, 4.69) is 78.1 Å². The summed E-state index contributed by atoms with van der Waals surface area (Å²) in [7, 11) is 0. The quantitative estimate of drug-likeness (QED) is 0.669. The van der Waals surface area contributed by atoms with Crippen LogP contribution in [0.1, 0.15) is 30.5 Å². The molecule has 3 aromatic carbocycles. The molecule has 3 aromatic rings. The predicted octanol–water partition coefficient (Wildman–Crippen LogP) is 5.01. The zero-order valence-electron chi connectivity index (χ0n) is 15.4. The lowest BCUT2D eigenvalue weighted by atomic mass is 9.99. The lowest BCUT2D eigenvalue weighted by molar-refractivity contribution is -0.119. The van der Waals surface area contributed by atoms with Crippen LogP contribution in [-0.4, -0.2) is 11.9 Å². The van der Waals surface area contributed by atoms with Crippen LogP contribution < -0.4 is 5.32 Å². The van der Waals surface area contributed by atoms with Gasteiger partial charge < -0.3 is 5.32 Å². The molecule has 132 valence electrons. The third-order valence-corrected chi connectivity index (χ3v) is 4.48. The third kappa shape index (κ3) is 5.06. The van der Waals surface area contributed by atoms with E-state index in [1.165, 1.54) is 27.8 Å². The van der Waals surface area contributed by atoms with Crippen LogP contribution in [0, 0.1) is 0 Å². The van der Waals surface area contributed by atoms with E-state index >= 15 is 0 Å². The van der Waals surface area contributed by atoms with Gasteiger partial charge in [0, 0.05) is 13.0 Å². The van der Waals surface area contributed by atoms with Crippen LogP contribution in [0.15, 0.2) is 78.9 Å². The highest BCUT2D eigenvalue weighted by Crippen LogP contribution is 2.20. The topological polar surface area (TPSA) is 29.1 Å². The van der Waals surface area contributed by atoms with Gasteiger partial charge in [-0.3, -0.25) is 4.79 Å². The molecule has 0 saturated heterocycles. The molecule has 2 heteroatoms. The lowest BCUT2D eigenvalue weighted by Crippen LogP contribution is -2.31. The minimum absolute atomic E-state index is 0.0214. The van der Waals surface area contributed by atoms with Crippen molar-refractivity contribution in [3.8, 4) is 11.1 Å². The van der Waals surface area contributed by atoms with Crippen LogP contribution in [0.4, 0.5) is 0 Å². The van der Waals surface area contributed by atoms with Crippen LogP contribution in [0.3, 0.4) is 0 Å². The Kier molecular flexibility index (Phi) is 5.85. The Morgan fingerprint density at radius 2 is 1.27 bits per heavy atom. The number of hydrogen-bond acceptors (Lipinski definition) is 1. The number of amides is 1. The molecule has 1 unspecified atom stereocenters. The van der Waals surface area contributed by atoms with E-state index in [1.807, 2.05) is 13.0 Å². The lowest BCUT2D eigenvalue weighted by Gasteiger charge is -2.12. The highest BCUT2D eigenvalue weighted by atomic mass is 16.1. The van der Waals surface area contributed by atoms with E-state index in [9.17, 15) is 4.79 Å². The van der Waals surface area contributed by atoms with Gasteiger partial charge in [-0.25, -0.2) is 0 Å². The van der Waals surface area contributed by atoms with Crippen molar-refractivity contribution in [1.82, 2.24) is 5.32 Å². The molecule has 0 spiro atoms. The van der Waals surface area contributed by atoms with Gasteiger partial charge in [0.15, 0.2) is 0 Å². The summed E-state index contributed by atoms with van der Waals surface area (Å²) in [5.74, 6) is 0.0214. The van der Waals surface area contributed by atoms with Gasteiger partial charge in [0.25, 0.3) is 0 Å². The molecule has 0 saturated carbocycles. The van der Waals surface area contributed by atoms with Gasteiger partial charge >= 0.3 is 0 Å². The normalized spacial score (nSPS) is 11.8. The predicted molar refractivity (Wildman–Crippen MR) is 108 cm³/mol. The first-order chi connectivity index (χ1) is 12.6. The van der Waals surface area contributed by atoms with Gasteiger partial charge in [-0.15, -0.1) is 0 Å². The number of benzene rings is 3. The van der Waals surface area contributed by atoms with E-state index < -0.39 is 0 Å². The van der Waals surface area contributed by atoms with Gasteiger partial charge in [0.05, 0.1) is 0 Å². The molecule has 0 aliphatic heterocycles. The van der Waals surface area contributed by atoms with E-state index in [4.69, 9.17) is 0 Å². The van der Waals surface area contributed by atoms with Crippen molar-refractivity contribution in [2.45, 2.75) is 32.7 Å². The molecule has 0 aromatic heterocycles. The van der Waals surface area contributed by atoms with Gasteiger partial charge in [-0.2, -0.15) is 0 Å². The summed E-state index contributed by atoms with van der Waals surface area (Å²) in [4.78, 5) is 11.1. The number of rotatable bonds is 6. The minimum Gasteiger partial charge on any atom is -0.354 e. The summed E-state index contributed by atoms with van der Waals surface area (Å²) in [6.45, 7) is 3.59. The zero-order chi connectivity index (χ0) is 18.4. The highest BCUT2D eigenvalue weighted by molar-refractivity contribution is 5.73. The van der Waals surface area contributed by atoms with Crippen LogP contribution in [0.2, 0.25) is 0 Å². The zero-order valence-corrected chi connectivity index (χ0v) is 15.4. The summed E-state index contributed by atoms with van der Waals surface area (Å²) in [6.07, 6.45) is 1.78. The second-order valence-corrected chi connectivity index (χ2v) is 6.86. The fourth-order valence-electron chi connectivity index (χ4n) is 3.23. The van der Waals surface area contributed by atoms with Crippen molar-refractivity contribution in [3.63, 3.8) is 0 Å². The maximum absolute atomic E-state index is 11.1. The van der Waals surface area contributed by atoms with Crippen molar-refractivity contribution in [2.75, 3.05) is 0 Å². The summed E-state index contributed by atoms with van der Waals surface area (Å²) in [5, 5.41) is 2.93. The molecule has 0 aliphatic carbocycles. The van der Waals surface area contributed by atoms with E-state index in [1.54, 1.807) is 6.92 Å². The molecule has 0 bridgehead atoms. The fraction of sp³-hybridized carbons (Fsp3) is 0.208. The Hall–Kier alpha value is -2.87. The maximum atomic E-state index is 11.1. The fourth-order valence-corrected chi connectivity index (χ4v) is 3.23. The number of carbonyl (C=O) groups excluding carboxylic acids is 1. The Balaban J connectivity index is 1.61. The first-order valence-corrected chi connectivity index (χ1v) is 9.09. The van der Waals surface area contributed by atoms with Crippen molar-refractivity contribution >= 4 is 5.91 Å². The Morgan fingerprint density at radius 3 is 1.85 bits per heavy atom. The summed E-state index contributed by atoms with van der Waals surface area (Å²) in [6, 6.07) is 28.1. The Bertz CT molecular complexity index is 836. The van der Waals surface area contributed by atoms with Crippen LogP contribution >= 0.6 is 0 Å². The Morgan fingerprint density at radius 1 is 0.769 bits per heavy atom. The van der Waals surface area contributed by atoms with Crippen molar-refractivity contribution in [3.05, 3.63) is 95.6 Å². The van der Waals surface area contributed by atoms with Gasteiger partial charge in [0.2, 0.25) is 5.91 Å². The van der Waals surface area contributed by atoms with Crippen molar-refractivity contribution in [1.29, 1.82) is 0 Å². The highest BCUT2D eigenvalue weighted by Gasteiger charge is 2.05. The van der Waals surface area contributed by atoms with E-state index in [-0.39, 0.29) is 11.9 Å². The van der Waals surface area contributed by atoms with Crippen LogP contribution in [-0.2, 0) is 17.6 Å². The molecule has 3 rings (SSSR count). The molecule has 1 amide bonds. The van der Waals surface area contributed by atoms with Crippen molar-refractivity contribution < 1.29 is 4.79 Å². The SMILES string of the molecule is CC(=O)NC(C)Cc1ccc(Cc2ccc(-c3ccccc3)cc2)cc1. The molecular formula is C24H25NO. The standard InChI is InChI=1S/C24H25NO/c1-18(25-19(2)26)16-20-8-10-21(11-9-20)17-22-12-14-24(15-13-22)23-6-4-3-5-7-23/h3-15,18H,16-17H2,1-2H3,(H,25,26). The minimum atomic E-state index is 0.0214. The molecular weight excluding hydrogens is 318 g/mol. The van der Waals surface area contributed by atoms with E-state index in [0.29, 0.717) is 0 Å². The molecule has 1 atom stereocenters. The number of carbonyl (C=O) groups is 1. The molecule has 1 N–H and O–H groups in total. The third-order valence-electron chi connectivity index (χ3n) is 4.48. The number of nitrogens with one attached hydrogen (secondary N) is 1. The van der Waals surface area contributed by atoms with Gasteiger partial charge in [-0.05, 0) is 47.6 Å². The molecule has 26 heavy (non-hydrogen) atoms. The van der Waals surface area contributed by atoms with Crippen molar-refractivity contribution in [2.24, 2.45) is 0 Å². The molecule has 0 aliphatic rings. The second kappa shape index (κ2) is 8.48. The molecule has 2 nitrogen and oxygen atoms in total. The average Bonchev–Trinajstić information content (AvgIpc) is 2.64. The van der Waals surface area contributed by atoms with E-state index in [0.717, 1.165) is 12.8 Å². The first-order valence-electron chi connectivity index (χ1n) is 9.09. The monoisotopic (exact) mass is 343 g/mol. The first kappa shape index (κ1) is 17.9. The second-order valence-electron chi connectivity index (χ2n) is 6.86. The molecule has 0 heterocycles.